The molecule has 0 radical (unpaired) electrons. The molecule has 4 aliphatic heterocycles. The molecule has 8 fully saturated rings. The lowest BCUT2D eigenvalue weighted by Gasteiger charge is -2.41. The van der Waals surface area contributed by atoms with Crippen LogP contribution in [0.2, 0.25) is 0 Å². The maximum absolute atomic E-state index is 12.3. The highest BCUT2D eigenvalue weighted by Gasteiger charge is 2.52. The molecule has 4 saturated heterocycles. The molecule has 56 heavy (non-hydrogen) atoms. The average Bonchev–Trinajstić information content (AvgIpc) is 3.39. The standard InChI is InChI=1S/C18H19F3O8.C17H19F3O7/c1-8(18(19,20)21)16(24)27-6-13(22)26-7-14(23)29-15-10-2-9-3-11(5-10)17(25)28-12(15)4-9;1-8(17(18,19)20)15(22)24-6-13(21)25-7-26-14-10-2-9-3-11(5-10)16(23)27-12(14)4-9/h9-12,15H,1-7H2;9-12,14H,1-7H2. The normalized spacial score (nSPS) is 31.0. The molecule has 8 rings (SSSR count). The van der Waals surface area contributed by atoms with Crippen LogP contribution < -0.4 is 0 Å². The average molecular weight is 813 g/mol. The zero-order valence-corrected chi connectivity index (χ0v) is 29.6. The van der Waals surface area contributed by atoms with Gasteiger partial charge < -0.3 is 37.9 Å². The third-order valence-corrected chi connectivity index (χ3v) is 10.6. The first kappa shape index (κ1) is 42.5. The molecule has 310 valence electrons. The third-order valence-electron chi connectivity index (χ3n) is 10.6. The minimum Gasteiger partial charge on any atom is -0.459 e. The van der Waals surface area contributed by atoms with Gasteiger partial charge in [0.05, 0.1) is 11.8 Å². The monoisotopic (exact) mass is 812 g/mol. The fourth-order valence-electron chi connectivity index (χ4n) is 8.19. The Bertz CT molecular complexity index is 1610. The SMILES string of the molecule is C=C(C(=O)OCC(=O)OCC(=O)OC1C2CC3CC(C2)C(=O)OC1C3)C(F)(F)F.C=C(C(=O)OCC(=O)OCOC1C2CC3CC(C2)C(=O)OC1C3)C(F)(F)F. The summed E-state index contributed by atoms with van der Waals surface area (Å²) in [5.74, 6) is -6.65. The summed E-state index contributed by atoms with van der Waals surface area (Å²) in [5, 5.41) is 0. The van der Waals surface area contributed by atoms with E-state index in [1.165, 1.54) is 0 Å². The van der Waals surface area contributed by atoms with Gasteiger partial charge in [-0.25, -0.2) is 24.0 Å². The van der Waals surface area contributed by atoms with Gasteiger partial charge in [-0.1, -0.05) is 13.2 Å². The van der Waals surface area contributed by atoms with E-state index in [0.717, 1.165) is 25.7 Å². The Morgan fingerprint density at radius 3 is 1.48 bits per heavy atom. The number of carbonyl (C=O) groups is 7. The lowest BCUT2D eigenvalue weighted by atomic mass is 9.67. The molecule has 0 aromatic rings. The zero-order chi connectivity index (χ0) is 41.1. The zero-order valence-electron chi connectivity index (χ0n) is 29.6. The largest absolute Gasteiger partial charge is 0.459 e. The third kappa shape index (κ3) is 10.6. The number of ether oxygens (including phenoxy) is 8. The van der Waals surface area contributed by atoms with Crippen molar-refractivity contribution in [3.63, 3.8) is 0 Å². The minimum absolute atomic E-state index is 0.0158. The number of carbonyl (C=O) groups excluding carboxylic acids is 7. The van der Waals surface area contributed by atoms with E-state index in [1.54, 1.807) is 0 Å². The van der Waals surface area contributed by atoms with Gasteiger partial charge in [0.25, 0.3) is 0 Å². The van der Waals surface area contributed by atoms with Crippen molar-refractivity contribution in [3.8, 4) is 0 Å². The van der Waals surface area contributed by atoms with Gasteiger partial charge in [0, 0.05) is 5.92 Å². The van der Waals surface area contributed by atoms with Crippen molar-refractivity contribution in [2.24, 2.45) is 35.5 Å². The summed E-state index contributed by atoms with van der Waals surface area (Å²) in [6.45, 7) is 1.71. The lowest BCUT2D eigenvalue weighted by molar-refractivity contribution is -0.188. The predicted molar refractivity (Wildman–Crippen MR) is 167 cm³/mol. The molecule has 21 heteroatoms. The first-order valence-electron chi connectivity index (χ1n) is 17.6. The quantitative estimate of drug-likeness (QED) is 0.0915. The minimum atomic E-state index is -4.98. The summed E-state index contributed by atoms with van der Waals surface area (Å²) in [4.78, 5) is 81.2. The van der Waals surface area contributed by atoms with E-state index in [0.29, 0.717) is 37.5 Å². The van der Waals surface area contributed by atoms with Gasteiger partial charge in [0.1, 0.15) is 35.6 Å². The highest BCUT2D eigenvalue weighted by molar-refractivity contribution is 5.91. The Hall–Kier alpha value is -4.69. The fraction of sp³-hybridized carbons (Fsp3) is 0.686. The maximum Gasteiger partial charge on any atom is 0.422 e. The van der Waals surface area contributed by atoms with Gasteiger partial charge in [0.15, 0.2) is 26.6 Å². The second kappa shape index (κ2) is 17.2. The van der Waals surface area contributed by atoms with Crippen LogP contribution in [0, 0.1) is 35.5 Å². The highest BCUT2D eigenvalue weighted by atomic mass is 19.4. The number of alkyl halides is 6. The van der Waals surface area contributed by atoms with E-state index >= 15 is 0 Å². The van der Waals surface area contributed by atoms with Crippen molar-refractivity contribution in [1.29, 1.82) is 0 Å². The predicted octanol–water partition coefficient (Wildman–Crippen LogP) is 3.36. The number of rotatable bonds is 12. The van der Waals surface area contributed by atoms with Crippen molar-refractivity contribution < 1.29 is 97.8 Å². The summed E-state index contributed by atoms with van der Waals surface area (Å²) < 4.78 is 113. The van der Waals surface area contributed by atoms with Gasteiger partial charge in [0.2, 0.25) is 0 Å². The molecule has 0 amide bonds. The molecule has 4 aliphatic carbocycles. The molecule has 0 aromatic heterocycles. The van der Waals surface area contributed by atoms with E-state index in [4.69, 9.17) is 23.7 Å². The van der Waals surface area contributed by atoms with Gasteiger partial charge in [-0.05, 0) is 69.1 Å². The molecular formula is C35H38F6O15. The molecule has 0 aromatic carbocycles. The van der Waals surface area contributed by atoms with Gasteiger partial charge in [-0.2, -0.15) is 26.3 Å². The van der Waals surface area contributed by atoms with E-state index in [1.807, 2.05) is 0 Å². The Morgan fingerprint density at radius 1 is 0.571 bits per heavy atom. The number of hydrogen-bond donors (Lipinski definition) is 0. The molecule has 10 atom stereocenters. The van der Waals surface area contributed by atoms with Gasteiger partial charge >= 0.3 is 54.1 Å². The van der Waals surface area contributed by atoms with Crippen LogP contribution in [0.1, 0.15) is 51.4 Å². The van der Waals surface area contributed by atoms with Crippen molar-refractivity contribution in [3.05, 3.63) is 24.3 Å². The van der Waals surface area contributed by atoms with Crippen LogP contribution in [-0.4, -0.2) is 105 Å². The number of fused-ring (bicyclic) bond motifs is 2. The van der Waals surface area contributed by atoms with Crippen LogP contribution in [0.25, 0.3) is 0 Å². The van der Waals surface area contributed by atoms with Crippen LogP contribution in [0.5, 0.6) is 0 Å². The van der Waals surface area contributed by atoms with Crippen molar-refractivity contribution in [2.45, 2.75) is 88.1 Å². The molecule has 4 saturated carbocycles. The van der Waals surface area contributed by atoms with E-state index in [-0.39, 0.29) is 41.7 Å². The molecule has 10 unspecified atom stereocenters. The Labute approximate surface area is 314 Å². The topological polar surface area (TPSA) is 193 Å². The lowest BCUT2D eigenvalue weighted by Crippen LogP contribution is -2.45. The molecule has 8 aliphatic rings. The summed E-state index contributed by atoms with van der Waals surface area (Å²) in [6.07, 6.45) is -5.95. The second-order valence-electron chi connectivity index (χ2n) is 14.5. The Balaban J connectivity index is 0.000000215. The first-order chi connectivity index (χ1) is 26.2. The summed E-state index contributed by atoms with van der Waals surface area (Å²) in [5.41, 5.74) is -3.48. The summed E-state index contributed by atoms with van der Waals surface area (Å²) in [7, 11) is 0. The maximum atomic E-state index is 12.3. The van der Waals surface area contributed by atoms with Crippen LogP contribution in [0.3, 0.4) is 0 Å². The van der Waals surface area contributed by atoms with Gasteiger partial charge in [-0.15, -0.1) is 0 Å². The highest BCUT2D eigenvalue weighted by Crippen LogP contribution is 2.49. The Kier molecular flexibility index (Phi) is 13.0. The van der Waals surface area contributed by atoms with E-state index < -0.39 is 98.3 Å². The molecule has 0 N–H and O–H groups in total. The van der Waals surface area contributed by atoms with Gasteiger partial charge in [-0.3, -0.25) is 9.59 Å². The number of hydrogen-bond acceptors (Lipinski definition) is 15. The molecular weight excluding hydrogens is 774 g/mol. The molecule has 15 nitrogen and oxygen atoms in total. The van der Waals surface area contributed by atoms with E-state index in [2.05, 4.69) is 27.4 Å². The second-order valence-corrected chi connectivity index (χ2v) is 14.5. The summed E-state index contributed by atoms with van der Waals surface area (Å²) in [6, 6.07) is 0. The summed E-state index contributed by atoms with van der Waals surface area (Å²) >= 11 is 0. The van der Waals surface area contributed by atoms with Crippen molar-refractivity contribution in [1.82, 2.24) is 0 Å². The fourth-order valence-corrected chi connectivity index (χ4v) is 8.19. The number of esters is 7. The van der Waals surface area contributed by atoms with Crippen LogP contribution >= 0.6 is 0 Å². The smallest absolute Gasteiger partial charge is 0.422 e. The van der Waals surface area contributed by atoms with Crippen LogP contribution in [0.4, 0.5) is 26.3 Å². The van der Waals surface area contributed by atoms with Crippen LogP contribution in [-0.2, 0) is 71.5 Å². The van der Waals surface area contributed by atoms with E-state index in [9.17, 15) is 59.9 Å². The molecule has 8 bridgehead atoms. The van der Waals surface area contributed by atoms with Crippen molar-refractivity contribution >= 4 is 41.8 Å². The van der Waals surface area contributed by atoms with Crippen molar-refractivity contribution in [2.75, 3.05) is 26.6 Å². The first-order valence-corrected chi connectivity index (χ1v) is 17.6. The molecule has 4 heterocycles. The Morgan fingerprint density at radius 2 is 1.00 bits per heavy atom. The molecule has 0 spiro atoms. The van der Waals surface area contributed by atoms with Crippen LogP contribution in [0.15, 0.2) is 24.3 Å². The number of halogens is 6.